The molecule has 2 aliphatic carbocycles. The Hall–Kier alpha value is -1.33. The van der Waals surface area contributed by atoms with Crippen molar-refractivity contribution < 1.29 is 13.2 Å². The van der Waals surface area contributed by atoms with Crippen molar-refractivity contribution in [2.45, 2.75) is 5.92 Å². The molecule has 0 unspecified atom stereocenters. The van der Waals surface area contributed by atoms with Gasteiger partial charge in [0.25, 0.3) is 5.92 Å². The Balaban J connectivity index is 0.000000134. The van der Waals surface area contributed by atoms with Gasteiger partial charge < -0.3 is 0 Å². The standard InChI is InChI=1S/C7H4F2.C4HCl2FN2/c8-7(9)5-1-2-6(7)4-3-5;5-3-2(7)4(6)9-1-8-3/h1-4H;1H. The fourth-order valence-corrected chi connectivity index (χ4v) is 1.70. The number of halogens is 5. The van der Waals surface area contributed by atoms with Gasteiger partial charge in [0.05, 0.1) is 0 Å². The van der Waals surface area contributed by atoms with Crippen LogP contribution >= 0.6 is 23.2 Å². The fourth-order valence-electron chi connectivity index (χ4n) is 1.38. The van der Waals surface area contributed by atoms with Crippen LogP contribution in [0.25, 0.3) is 0 Å². The number of fused-ring (bicyclic) bond motifs is 2. The zero-order valence-corrected chi connectivity index (χ0v) is 10.2. The van der Waals surface area contributed by atoms with Gasteiger partial charge in [0, 0.05) is 11.1 Å². The van der Waals surface area contributed by atoms with Crippen LogP contribution in [0.2, 0.25) is 10.3 Å². The van der Waals surface area contributed by atoms with Gasteiger partial charge >= 0.3 is 0 Å². The summed E-state index contributed by atoms with van der Waals surface area (Å²) in [7, 11) is 0. The minimum absolute atomic E-state index is 0.123. The van der Waals surface area contributed by atoms with Crippen LogP contribution in [-0.4, -0.2) is 15.9 Å². The van der Waals surface area contributed by atoms with Gasteiger partial charge in [-0.25, -0.2) is 14.4 Å². The first-order valence-electron chi connectivity index (χ1n) is 4.73. The summed E-state index contributed by atoms with van der Waals surface area (Å²) >= 11 is 10.4. The summed E-state index contributed by atoms with van der Waals surface area (Å²) in [6.07, 6.45) is 6.91. The molecule has 0 aromatic carbocycles. The minimum atomic E-state index is -2.67. The molecule has 94 valence electrons. The maximum absolute atomic E-state index is 12.6. The monoisotopic (exact) mass is 292 g/mol. The Morgan fingerprint density at radius 1 is 0.944 bits per heavy atom. The van der Waals surface area contributed by atoms with Crippen LogP contribution in [0.5, 0.6) is 0 Å². The summed E-state index contributed by atoms with van der Waals surface area (Å²) in [6, 6.07) is 0. The predicted molar refractivity (Wildman–Crippen MR) is 62.3 cm³/mol. The highest BCUT2D eigenvalue weighted by Crippen LogP contribution is 2.43. The first-order chi connectivity index (χ1) is 8.43. The SMILES string of the molecule is FC1(F)C2=CC=C1C=C2.Fc1c(Cl)ncnc1Cl. The molecule has 2 nitrogen and oxygen atoms in total. The lowest BCUT2D eigenvalue weighted by molar-refractivity contribution is 0.0990. The van der Waals surface area contributed by atoms with E-state index in [4.69, 9.17) is 23.2 Å². The van der Waals surface area contributed by atoms with E-state index in [0.29, 0.717) is 0 Å². The number of hydrogen-bond acceptors (Lipinski definition) is 2. The van der Waals surface area contributed by atoms with Crippen LogP contribution in [0, 0.1) is 5.82 Å². The molecular formula is C11H5Cl2F3N2. The number of nitrogens with zero attached hydrogens (tertiary/aromatic N) is 2. The topological polar surface area (TPSA) is 25.8 Å². The molecule has 0 spiro atoms. The van der Waals surface area contributed by atoms with Crippen molar-refractivity contribution >= 4 is 23.2 Å². The Labute approximate surface area is 110 Å². The molecule has 0 radical (unpaired) electrons. The molecule has 0 fully saturated rings. The molecular weight excluding hydrogens is 288 g/mol. The average Bonchev–Trinajstić information content (AvgIpc) is 2.78. The summed E-state index contributed by atoms with van der Waals surface area (Å²) in [6.45, 7) is 0. The number of alkyl halides is 2. The first kappa shape index (κ1) is 13.1. The van der Waals surface area contributed by atoms with Gasteiger partial charge in [-0.1, -0.05) is 47.5 Å². The molecule has 0 atom stereocenters. The Morgan fingerprint density at radius 2 is 1.39 bits per heavy atom. The third-order valence-electron chi connectivity index (χ3n) is 2.31. The van der Waals surface area contributed by atoms with E-state index in [1.165, 1.54) is 24.3 Å². The van der Waals surface area contributed by atoms with E-state index in [1.807, 2.05) is 0 Å². The van der Waals surface area contributed by atoms with Gasteiger partial charge in [-0.15, -0.1) is 0 Å². The van der Waals surface area contributed by atoms with E-state index in [-0.39, 0.29) is 21.5 Å². The molecule has 0 saturated heterocycles. The first-order valence-corrected chi connectivity index (χ1v) is 5.49. The lowest BCUT2D eigenvalue weighted by atomic mass is 10.2. The second-order valence-electron chi connectivity index (χ2n) is 3.42. The van der Waals surface area contributed by atoms with Crippen LogP contribution in [-0.2, 0) is 0 Å². The van der Waals surface area contributed by atoms with Gasteiger partial charge in [-0.2, -0.15) is 8.78 Å². The molecule has 7 heteroatoms. The van der Waals surface area contributed by atoms with E-state index in [2.05, 4.69) is 9.97 Å². The number of rotatable bonds is 0. The smallest absolute Gasteiger partial charge is 0.221 e. The predicted octanol–water partition coefficient (Wildman–Crippen LogP) is 3.98. The molecule has 3 rings (SSSR count). The Morgan fingerprint density at radius 3 is 1.61 bits per heavy atom. The minimum Gasteiger partial charge on any atom is -0.221 e. The van der Waals surface area contributed by atoms with Gasteiger partial charge in [0.1, 0.15) is 6.33 Å². The molecule has 0 amide bonds. The van der Waals surface area contributed by atoms with Crippen molar-refractivity contribution in [3.05, 3.63) is 57.9 Å². The summed E-state index contributed by atoms with van der Waals surface area (Å²) in [5.41, 5.74) is 0.245. The number of hydrogen-bond donors (Lipinski definition) is 0. The van der Waals surface area contributed by atoms with Crippen LogP contribution in [0.4, 0.5) is 13.2 Å². The Bertz CT molecular complexity index is 535. The molecule has 1 aromatic rings. The Kier molecular flexibility index (Phi) is 3.45. The highest BCUT2D eigenvalue weighted by atomic mass is 35.5. The second kappa shape index (κ2) is 4.74. The molecule has 2 bridgehead atoms. The van der Waals surface area contributed by atoms with Crippen molar-refractivity contribution in [1.82, 2.24) is 9.97 Å². The lowest BCUT2D eigenvalue weighted by Gasteiger charge is -2.06. The summed E-state index contributed by atoms with van der Waals surface area (Å²) in [4.78, 5) is 6.67. The molecule has 0 aliphatic heterocycles. The maximum Gasteiger partial charge on any atom is 0.298 e. The van der Waals surface area contributed by atoms with Gasteiger partial charge in [-0.3, -0.25) is 0 Å². The number of allylic oxidation sites excluding steroid dienone is 6. The quantitative estimate of drug-likeness (QED) is 0.676. The molecule has 0 N–H and O–H groups in total. The third-order valence-corrected chi connectivity index (χ3v) is 2.84. The summed E-state index contributed by atoms with van der Waals surface area (Å²) in [5, 5.41) is -0.509. The second-order valence-corrected chi connectivity index (χ2v) is 4.14. The van der Waals surface area contributed by atoms with Gasteiger partial charge in [0.2, 0.25) is 0 Å². The third kappa shape index (κ3) is 2.28. The largest absolute Gasteiger partial charge is 0.298 e. The van der Waals surface area contributed by atoms with Gasteiger partial charge in [0.15, 0.2) is 16.1 Å². The van der Waals surface area contributed by atoms with Crippen molar-refractivity contribution in [3.63, 3.8) is 0 Å². The molecule has 2 aliphatic rings. The molecule has 1 aromatic heterocycles. The molecule has 1 heterocycles. The zero-order valence-electron chi connectivity index (χ0n) is 8.67. The number of aromatic nitrogens is 2. The van der Waals surface area contributed by atoms with Crippen LogP contribution < -0.4 is 0 Å². The van der Waals surface area contributed by atoms with E-state index in [9.17, 15) is 13.2 Å². The van der Waals surface area contributed by atoms with Crippen LogP contribution in [0.3, 0.4) is 0 Å². The van der Waals surface area contributed by atoms with E-state index < -0.39 is 11.7 Å². The van der Waals surface area contributed by atoms with E-state index in [1.54, 1.807) is 0 Å². The van der Waals surface area contributed by atoms with Crippen molar-refractivity contribution in [2.75, 3.05) is 0 Å². The fraction of sp³-hybridized carbons (Fsp3) is 0.0909. The summed E-state index contributed by atoms with van der Waals surface area (Å²) in [5.74, 6) is -3.44. The van der Waals surface area contributed by atoms with Crippen LogP contribution in [0.15, 0.2) is 41.8 Å². The zero-order chi connectivity index (χ0) is 13.3. The highest BCUT2D eigenvalue weighted by molar-refractivity contribution is 6.33. The van der Waals surface area contributed by atoms with Crippen molar-refractivity contribution in [3.8, 4) is 0 Å². The molecule has 18 heavy (non-hydrogen) atoms. The average molecular weight is 293 g/mol. The summed E-state index contributed by atoms with van der Waals surface area (Å²) < 4.78 is 37.5. The van der Waals surface area contributed by atoms with Crippen LogP contribution in [0.1, 0.15) is 0 Å². The van der Waals surface area contributed by atoms with Gasteiger partial charge in [-0.05, 0) is 0 Å². The van der Waals surface area contributed by atoms with Crippen molar-refractivity contribution in [1.29, 1.82) is 0 Å². The molecule has 0 saturated carbocycles. The lowest BCUT2D eigenvalue weighted by Crippen LogP contribution is -2.11. The normalized spacial score (nSPS) is 18.1. The van der Waals surface area contributed by atoms with E-state index in [0.717, 1.165) is 6.33 Å². The van der Waals surface area contributed by atoms with E-state index >= 15 is 0 Å². The highest BCUT2D eigenvalue weighted by Gasteiger charge is 2.42. The van der Waals surface area contributed by atoms with Crippen molar-refractivity contribution in [2.24, 2.45) is 0 Å². The maximum atomic E-state index is 12.6.